The van der Waals surface area contributed by atoms with Gasteiger partial charge in [-0.3, -0.25) is 0 Å². The Bertz CT molecular complexity index is 319. The summed E-state index contributed by atoms with van der Waals surface area (Å²) in [6.07, 6.45) is 5.28. The lowest BCUT2D eigenvalue weighted by atomic mass is 10.1. The second kappa shape index (κ2) is 6.17. The molecule has 0 radical (unpaired) electrons. The summed E-state index contributed by atoms with van der Waals surface area (Å²) in [7, 11) is 0. The first kappa shape index (κ1) is 11.7. The van der Waals surface area contributed by atoms with E-state index in [-0.39, 0.29) is 6.04 Å². The Morgan fingerprint density at radius 3 is 2.60 bits per heavy atom. The monoisotopic (exact) mass is 203 g/mol. The van der Waals surface area contributed by atoms with Gasteiger partial charge in [-0.1, -0.05) is 48.6 Å². The fourth-order valence-corrected chi connectivity index (χ4v) is 1.25. The van der Waals surface area contributed by atoms with Gasteiger partial charge in [-0.15, -0.1) is 6.58 Å². The van der Waals surface area contributed by atoms with Crippen LogP contribution in [0, 0.1) is 0 Å². The fourth-order valence-electron chi connectivity index (χ4n) is 1.25. The molecule has 0 aliphatic heterocycles. The summed E-state index contributed by atoms with van der Waals surface area (Å²) in [6.45, 7) is 3.59. The summed E-state index contributed by atoms with van der Waals surface area (Å²) >= 11 is 0. The van der Waals surface area contributed by atoms with E-state index in [9.17, 15) is 5.11 Å². The van der Waals surface area contributed by atoms with Crippen molar-refractivity contribution >= 4 is 6.08 Å². The van der Waals surface area contributed by atoms with Crippen molar-refractivity contribution in [3.05, 3.63) is 54.6 Å². The van der Waals surface area contributed by atoms with Gasteiger partial charge in [-0.05, 0) is 12.0 Å². The summed E-state index contributed by atoms with van der Waals surface area (Å²) in [4.78, 5) is 0. The molecule has 2 heteroatoms. The van der Waals surface area contributed by atoms with E-state index in [0.717, 1.165) is 5.56 Å². The lowest BCUT2D eigenvalue weighted by Gasteiger charge is -2.12. The molecule has 0 heterocycles. The third kappa shape index (κ3) is 4.11. The van der Waals surface area contributed by atoms with E-state index < -0.39 is 6.10 Å². The number of hydrogen-bond donors (Lipinski definition) is 2. The van der Waals surface area contributed by atoms with Crippen LogP contribution in [0.25, 0.3) is 6.08 Å². The molecule has 0 spiro atoms. The molecule has 0 aliphatic carbocycles. The number of hydrogen-bond acceptors (Lipinski definition) is 2. The average molecular weight is 203 g/mol. The van der Waals surface area contributed by atoms with Crippen LogP contribution in [0.4, 0.5) is 0 Å². The minimum atomic E-state index is -0.622. The van der Waals surface area contributed by atoms with Crippen molar-refractivity contribution in [3.8, 4) is 0 Å². The number of rotatable bonds is 5. The van der Waals surface area contributed by atoms with E-state index in [4.69, 9.17) is 5.73 Å². The maximum atomic E-state index is 9.65. The number of nitrogens with two attached hydrogens (primary N) is 1. The molecule has 1 aromatic rings. The molecule has 1 aromatic carbocycles. The molecule has 0 amide bonds. The Morgan fingerprint density at radius 2 is 2.00 bits per heavy atom. The molecule has 2 nitrogen and oxygen atoms in total. The SMILES string of the molecule is C=CC[C@@H](N)[C@H](O)/C=C/c1ccccc1. The predicted molar refractivity (Wildman–Crippen MR) is 64.3 cm³/mol. The van der Waals surface area contributed by atoms with E-state index in [1.165, 1.54) is 0 Å². The van der Waals surface area contributed by atoms with Gasteiger partial charge in [0.05, 0.1) is 6.10 Å². The molecular weight excluding hydrogens is 186 g/mol. The molecular formula is C13H17NO. The molecule has 0 unspecified atom stereocenters. The molecule has 3 N–H and O–H groups in total. The minimum Gasteiger partial charge on any atom is -0.387 e. The van der Waals surface area contributed by atoms with Crippen molar-refractivity contribution in [1.29, 1.82) is 0 Å². The van der Waals surface area contributed by atoms with Crippen molar-refractivity contribution < 1.29 is 5.11 Å². The molecule has 0 saturated heterocycles. The summed E-state index contributed by atoms with van der Waals surface area (Å²) in [6, 6.07) is 9.54. The summed E-state index contributed by atoms with van der Waals surface area (Å²) in [5.41, 5.74) is 6.78. The summed E-state index contributed by atoms with van der Waals surface area (Å²) in [5, 5.41) is 9.65. The van der Waals surface area contributed by atoms with Crippen LogP contribution < -0.4 is 5.73 Å². The van der Waals surface area contributed by atoms with Gasteiger partial charge >= 0.3 is 0 Å². The first-order valence-corrected chi connectivity index (χ1v) is 5.02. The van der Waals surface area contributed by atoms with E-state index in [0.29, 0.717) is 6.42 Å². The van der Waals surface area contributed by atoms with Crippen molar-refractivity contribution in [1.82, 2.24) is 0 Å². The third-order valence-electron chi connectivity index (χ3n) is 2.16. The van der Waals surface area contributed by atoms with Gasteiger partial charge in [0.25, 0.3) is 0 Å². The summed E-state index contributed by atoms with van der Waals surface area (Å²) < 4.78 is 0. The number of aliphatic hydroxyl groups excluding tert-OH is 1. The van der Waals surface area contributed by atoms with Crippen molar-refractivity contribution in [2.24, 2.45) is 5.73 Å². The Balaban J connectivity index is 2.54. The maximum Gasteiger partial charge on any atom is 0.0878 e. The quantitative estimate of drug-likeness (QED) is 0.719. The van der Waals surface area contributed by atoms with Crippen LogP contribution in [0.3, 0.4) is 0 Å². The van der Waals surface area contributed by atoms with E-state index in [2.05, 4.69) is 6.58 Å². The minimum absolute atomic E-state index is 0.275. The third-order valence-corrected chi connectivity index (χ3v) is 2.16. The highest BCUT2D eigenvalue weighted by Crippen LogP contribution is 2.04. The van der Waals surface area contributed by atoms with Crippen LogP contribution in [0.2, 0.25) is 0 Å². The van der Waals surface area contributed by atoms with Crippen LogP contribution in [-0.4, -0.2) is 17.3 Å². The lowest BCUT2D eigenvalue weighted by molar-refractivity contribution is 0.192. The van der Waals surface area contributed by atoms with Crippen molar-refractivity contribution in [2.45, 2.75) is 18.6 Å². The highest BCUT2D eigenvalue weighted by atomic mass is 16.3. The standard InChI is InChI=1S/C13H17NO/c1-2-6-12(14)13(15)10-9-11-7-4-3-5-8-11/h2-5,7-10,12-13,15H,1,6,14H2/b10-9+/t12-,13-/m1/s1. The average Bonchev–Trinajstić information content (AvgIpc) is 2.27. The van der Waals surface area contributed by atoms with Crippen LogP contribution in [0.1, 0.15) is 12.0 Å². The normalized spacial score (nSPS) is 15.1. The lowest BCUT2D eigenvalue weighted by Crippen LogP contribution is -2.32. The highest BCUT2D eigenvalue weighted by Gasteiger charge is 2.08. The molecule has 0 saturated carbocycles. The molecule has 0 fully saturated rings. The zero-order valence-corrected chi connectivity index (χ0v) is 8.71. The van der Waals surface area contributed by atoms with Gasteiger partial charge in [0.1, 0.15) is 0 Å². The maximum absolute atomic E-state index is 9.65. The van der Waals surface area contributed by atoms with Crippen molar-refractivity contribution in [2.75, 3.05) is 0 Å². The van der Waals surface area contributed by atoms with E-state index in [1.807, 2.05) is 36.4 Å². The Kier molecular flexibility index (Phi) is 4.81. The van der Waals surface area contributed by atoms with Crippen LogP contribution in [-0.2, 0) is 0 Å². The van der Waals surface area contributed by atoms with Crippen LogP contribution >= 0.6 is 0 Å². The molecule has 15 heavy (non-hydrogen) atoms. The zero-order valence-electron chi connectivity index (χ0n) is 8.71. The second-order valence-corrected chi connectivity index (χ2v) is 3.45. The van der Waals surface area contributed by atoms with Gasteiger partial charge in [0.15, 0.2) is 0 Å². The van der Waals surface area contributed by atoms with Gasteiger partial charge in [0, 0.05) is 6.04 Å². The molecule has 0 bridgehead atoms. The topological polar surface area (TPSA) is 46.2 Å². The number of benzene rings is 1. The zero-order chi connectivity index (χ0) is 11.1. The largest absolute Gasteiger partial charge is 0.387 e. The van der Waals surface area contributed by atoms with Gasteiger partial charge in [-0.25, -0.2) is 0 Å². The predicted octanol–water partition coefficient (Wildman–Crippen LogP) is 1.96. The Labute approximate surface area is 90.7 Å². The number of aliphatic hydroxyl groups is 1. The first-order chi connectivity index (χ1) is 7.24. The Hall–Kier alpha value is -1.38. The Morgan fingerprint density at radius 1 is 1.33 bits per heavy atom. The van der Waals surface area contributed by atoms with Crippen molar-refractivity contribution in [3.63, 3.8) is 0 Å². The van der Waals surface area contributed by atoms with Crippen LogP contribution in [0.15, 0.2) is 49.1 Å². The van der Waals surface area contributed by atoms with Crippen LogP contribution in [0.5, 0.6) is 0 Å². The first-order valence-electron chi connectivity index (χ1n) is 5.02. The molecule has 0 aliphatic rings. The fraction of sp³-hybridized carbons (Fsp3) is 0.231. The smallest absolute Gasteiger partial charge is 0.0878 e. The van der Waals surface area contributed by atoms with E-state index >= 15 is 0 Å². The molecule has 2 atom stereocenters. The molecule has 1 rings (SSSR count). The van der Waals surface area contributed by atoms with E-state index in [1.54, 1.807) is 12.2 Å². The van der Waals surface area contributed by atoms with Gasteiger partial charge < -0.3 is 10.8 Å². The highest BCUT2D eigenvalue weighted by molar-refractivity contribution is 5.49. The van der Waals surface area contributed by atoms with Gasteiger partial charge in [-0.2, -0.15) is 0 Å². The molecule has 80 valence electrons. The molecule has 0 aromatic heterocycles. The second-order valence-electron chi connectivity index (χ2n) is 3.45. The van der Waals surface area contributed by atoms with Gasteiger partial charge in [0.2, 0.25) is 0 Å². The summed E-state index contributed by atoms with van der Waals surface area (Å²) in [5.74, 6) is 0.